The molecule has 2 aromatic carbocycles. The van der Waals surface area contributed by atoms with Crippen molar-refractivity contribution in [1.82, 2.24) is 30.1 Å². The van der Waals surface area contributed by atoms with Crippen molar-refractivity contribution in [2.24, 2.45) is 0 Å². The van der Waals surface area contributed by atoms with Gasteiger partial charge in [0.25, 0.3) is 5.56 Å². The predicted molar refractivity (Wildman–Crippen MR) is 143 cm³/mol. The number of hydrogen-bond acceptors (Lipinski definition) is 6. The first-order valence-electron chi connectivity index (χ1n) is 12.6. The molecule has 196 valence electrons. The lowest BCUT2D eigenvalue weighted by atomic mass is 10.00. The van der Waals surface area contributed by atoms with Crippen molar-refractivity contribution in [3.8, 4) is 0 Å². The minimum atomic E-state index is -0.580. The Bertz CT molecular complexity index is 1580. The van der Waals surface area contributed by atoms with Gasteiger partial charge in [0.15, 0.2) is 5.82 Å². The minimum absolute atomic E-state index is 0.207. The highest BCUT2D eigenvalue weighted by Crippen LogP contribution is 2.31. The number of rotatable bonds is 8. The van der Waals surface area contributed by atoms with Crippen molar-refractivity contribution in [1.29, 1.82) is 0 Å². The summed E-state index contributed by atoms with van der Waals surface area (Å²) in [6.07, 6.45) is 2.26. The number of aromatic amines is 1. The van der Waals surface area contributed by atoms with E-state index in [1.54, 1.807) is 23.1 Å². The van der Waals surface area contributed by atoms with E-state index in [9.17, 15) is 9.18 Å². The highest BCUT2D eigenvalue weighted by atomic mass is 19.1. The van der Waals surface area contributed by atoms with Gasteiger partial charge in [0.1, 0.15) is 17.6 Å². The lowest BCUT2D eigenvalue weighted by Crippen LogP contribution is -2.38. The summed E-state index contributed by atoms with van der Waals surface area (Å²) in [7, 11) is 0. The fourth-order valence-electron chi connectivity index (χ4n) is 4.71. The molecule has 0 saturated heterocycles. The van der Waals surface area contributed by atoms with Crippen LogP contribution in [0, 0.1) is 12.7 Å². The smallest absolute Gasteiger partial charge is 0.253 e. The maximum absolute atomic E-state index is 13.6. The summed E-state index contributed by atoms with van der Waals surface area (Å²) in [5.74, 6) is 1.03. The van der Waals surface area contributed by atoms with Gasteiger partial charge in [-0.15, -0.1) is 5.10 Å². The van der Waals surface area contributed by atoms with Crippen LogP contribution in [0.1, 0.15) is 55.1 Å². The Labute approximate surface area is 220 Å². The second kappa shape index (κ2) is 10.3. The van der Waals surface area contributed by atoms with E-state index in [-0.39, 0.29) is 11.4 Å². The molecule has 0 amide bonds. The highest BCUT2D eigenvalue weighted by Gasteiger charge is 2.33. The summed E-state index contributed by atoms with van der Waals surface area (Å²) in [4.78, 5) is 18.8. The average Bonchev–Trinajstić information content (AvgIpc) is 3.56. The number of H-pyrrole nitrogens is 1. The number of furan rings is 1. The molecule has 0 unspecified atom stereocenters. The van der Waals surface area contributed by atoms with Gasteiger partial charge in [-0.05, 0) is 98.0 Å². The molecule has 1 atom stereocenters. The number of aromatic nitrogens is 5. The van der Waals surface area contributed by atoms with E-state index in [0.29, 0.717) is 30.9 Å². The normalized spacial score (nSPS) is 12.9. The molecule has 3 aromatic heterocycles. The van der Waals surface area contributed by atoms with Gasteiger partial charge in [0.2, 0.25) is 0 Å². The van der Waals surface area contributed by atoms with Crippen molar-refractivity contribution in [2.75, 3.05) is 6.54 Å². The van der Waals surface area contributed by atoms with E-state index in [0.717, 1.165) is 27.8 Å². The molecule has 0 aliphatic carbocycles. The fourth-order valence-corrected chi connectivity index (χ4v) is 4.71. The van der Waals surface area contributed by atoms with Gasteiger partial charge < -0.3 is 9.40 Å². The minimum Gasteiger partial charge on any atom is -0.468 e. The number of pyridine rings is 1. The number of halogens is 1. The zero-order chi connectivity index (χ0) is 26.9. The molecule has 0 fully saturated rings. The summed E-state index contributed by atoms with van der Waals surface area (Å²) in [5, 5.41) is 13.7. The van der Waals surface area contributed by atoms with Crippen molar-refractivity contribution < 1.29 is 8.81 Å². The van der Waals surface area contributed by atoms with Crippen LogP contribution in [0.4, 0.5) is 4.39 Å². The van der Waals surface area contributed by atoms with Gasteiger partial charge in [-0.25, -0.2) is 9.07 Å². The van der Waals surface area contributed by atoms with Gasteiger partial charge in [-0.3, -0.25) is 9.69 Å². The average molecular weight is 515 g/mol. The second-order valence-electron chi connectivity index (χ2n) is 10.6. The molecule has 0 saturated carbocycles. The largest absolute Gasteiger partial charge is 0.468 e. The van der Waals surface area contributed by atoms with Crippen LogP contribution in [0.15, 0.2) is 76.1 Å². The summed E-state index contributed by atoms with van der Waals surface area (Å²) in [6, 6.07) is 17.5. The monoisotopic (exact) mass is 514 g/mol. The van der Waals surface area contributed by atoms with Gasteiger partial charge in [0.05, 0.1) is 18.3 Å². The first kappa shape index (κ1) is 25.5. The molecular formula is C29H31FN6O2. The van der Waals surface area contributed by atoms with Gasteiger partial charge in [0, 0.05) is 17.6 Å². The van der Waals surface area contributed by atoms with Crippen molar-refractivity contribution in [2.45, 2.75) is 52.2 Å². The zero-order valence-electron chi connectivity index (χ0n) is 22.0. The Morgan fingerprint density at radius 2 is 1.89 bits per heavy atom. The number of fused-ring (bicyclic) bond motifs is 1. The number of nitrogens with one attached hydrogen (secondary N) is 1. The molecule has 5 rings (SSSR count). The Morgan fingerprint density at radius 1 is 1.11 bits per heavy atom. The van der Waals surface area contributed by atoms with Gasteiger partial charge in [-0.1, -0.05) is 23.8 Å². The summed E-state index contributed by atoms with van der Waals surface area (Å²) < 4.78 is 21.0. The summed E-state index contributed by atoms with van der Waals surface area (Å²) >= 11 is 0. The summed E-state index contributed by atoms with van der Waals surface area (Å²) in [5.41, 5.74) is 2.74. The van der Waals surface area contributed by atoms with Crippen LogP contribution in [0.2, 0.25) is 0 Å². The van der Waals surface area contributed by atoms with E-state index in [1.807, 2.05) is 64.1 Å². The van der Waals surface area contributed by atoms with Gasteiger partial charge in [-0.2, -0.15) is 0 Å². The standard InChI is InChI=1S/C29H31FN6O2/c1-19-7-12-25-21(16-19)17-24(28(37)31-25)26(27-32-33-34-36(27)29(2,3)4)35(18-23-6-5-15-38-23)14-13-20-8-10-22(30)11-9-20/h5-12,15-17,26H,13-14,18H2,1-4H3,(H,31,37)/t26-/m0/s1. The lowest BCUT2D eigenvalue weighted by Gasteiger charge is -2.32. The van der Waals surface area contributed by atoms with Crippen LogP contribution in [0.25, 0.3) is 10.9 Å². The SMILES string of the molecule is Cc1ccc2[nH]c(=O)c([C@@H](c3nnnn3C(C)(C)C)N(CCc3ccc(F)cc3)Cc3ccco3)cc2c1. The number of benzene rings is 2. The maximum Gasteiger partial charge on any atom is 0.253 e. The Hall–Kier alpha value is -4.11. The molecule has 0 spiro atoms. The number of nitrogens with zero attached hydrogens (tertiary/aromatic N) is 5. The van der Waals surface area contributed by atoms with Crippen molar-refractivity contribution in [3.63, 3.8) is 0 Å². The van der Waals surface area contributed by atoms with Crippen molar-refractivity contribution >= 4 is 10.9 Å². The number of tetrazole rings is 1. The third-order valence-electron chi connectivity index (χ3n) is 6.60. The molecule has 0 radical (unpaired) electrons. The molecule has 9 heteroatoms. The molecule has 1 N–H and O–H groups in total. The van der Waals surface area contributed by atoms with Crippen LogP contribution in [-0.2, 0) is 18.5 Å². The summed E-state index contributed by atoms with van der Waals surface area (Å²) in [6.45, 7) is 9.04. The molecule has 0 aliphatic rings. The van der Waals surface area contributed by atoms with E-state index < -0.39 is 11.6 Å². The van der Waals surface area contributed by atoms with Crippen LogP contribution >= 0.6 is 0 Å². The number of hydrogen-bond donors (Lipinski definition) is 1. The molecule has 38 heavy (non-hydrogen) atoms. The molecule has 5 aromatic rings. The van der Waals surface area contributed by atoms with Crippen LogP contribution < -0.4 is 5.56 Å². The third-order valence-corrected chi connectivity index (χ3v) is 6.60. The van der Waals surface area contributed by atoms with Gasteiger partial charge >= 0.3 is 0 Å². The first-order valence-corrected chi connectivity index (χ1v) is 12.6. The molecule has 8 nitrogen and oxygen atoms in total. The van der Waals surface area contributed by atoms with E-state index in [2.05, 4.69) is 25.4 Å². The maximum atomic E-state index is 13.6. The fraction of sp³-hybridized carbons (Fsp3) is 0.310. The number of aryl methyl sites for hydroxylation is 1. The van der Waals surface area contributed by atoms with Crippen LogP contribution in [0.3, 0.4) is 0 Å². The molecular weight excluding hydrogens is 483 g/mol. The Balaban J connectivity index is 1.66. The molecule has 3 heterocycles. The van der Waals surface area contributed by atoms with Crippen LogP contribution in [0.5, 0.6) is 0 Å². The second-order valence-corrected chi connectivity index (χ2v) is 10.6. The van der Waals surface area contributed by atoms with E-state index >= 15 is 0 Å². The topological polar surface area (TPSA) is 92.8 Å². The zero-order valence-corrected chi connectivity index (χ0v) is 22.0. The van der Waals surface area contributed by atoms with Crippen LogP contribution in [-0.4, -0.2) is 36.6 Å². The first-order chi connectivity index (χ1) is 18.2. The van der Waals surface area contributed by atoms with E-state index in [1.165, 1.54) is 12.1 Å². The Kier molecular flexibility index (Phi) is 6.94. The lowest BCUT2D eigenvalue weighted by molar-refractivity contribution is 0.181. The van der Waals surface area contributed by atoms with E-state index in [4.69, 9.17) is 4.42 Å². The quantitative estimate of drug-likeness (QED) is 0.308. The highest BCUT2D eigenvalue weighted by molar-refractivity contribution is 5.79. The molecule has 0 bridgehead atoms. The molecule has 0 aliphatic heterocycles. The Morgan fingerprint density at radius 3 is 2.61 bits per heavy atom. The predicted octanol–water partition coefficient (Wildman–Crippen LogP) is 5.14. The van der Waals surface area contributed by atoms with Crippen molar-refractivity contribution in [3.05, 3.63) is 111 Å². The third kappa shape index (κ3) is 5.43.